The molecule has 8 heteroatoms. The topological polar surface area (TPSA) is 91.3 Å². The van der Waals surface area contributed by atoms with Crippen molar-refractivity contribution in [2.24, 2.45) is 0 Å². The maximum absolute atomic E-state index is 10.6. The molecule has 0 N–H and O–H groups in total. The second kappa shape index (κ2) is 6.57. The number of halogens is 1. The Hall–Kier alpha value is -2.74. The van der Waals surface area contributed by atoms with Gasteiger partial charge < -0.3 is 9.15 Å². The van der Waals surface area contributed by atoms with Crippen molar-refractivity contribution in [1.82, 2.24) is 10.2 Å². The van der Waals surface area contributed by atoms with E-state index in [1.54, 1.807) is 0 Å². The molecule has 0 unspecified atom stereocenters. The van der Waals surface area contributed by atoms with E-state index in [1.807, 2.05) is 24.3 Å². The fraction of sp³-hybridized carbons (Fsp3) is 0.0667. The van der Waals surface area contributed by atoms with Crippen LogP contribution in [0.1, 0.15) is 5.89 Å². The lowest BCUT2D eigenvalue weighted by molar-refractivity contribution is -0.384. The largest absolute Gasteiger partial charge is 0.484 e. The van der Waals surface area contributed by atoms with E-state index in [9.17, 15) is 10.1 Å². The molecule has 7 nitrogen and oxygen atoms in total. The molecule has 0 saturated carbocycles. The first-order chi connectivity index (χ1) is 11.1. The van der Waals surface area contributed by atoms with E-state index in [0.717, 1.165) is 10.0 Å². The molecule has 0 aliphatic carbocycles. The SMILES string of the molecule is O=[N+]([O-])c1ccc(OCc2nnc(-c3ccc(Br)cc3)o2)cc1. The van der Waals surface area contributed by atoms with Crippen molar-refractivity contribution < 1.29 is 14.1 Å². The summed E-state index contributed by atoms with van der Waals surface area (Å²) in [6.07, 6.45) is 0. The summed E-state index contributed by atoms with van der Waals surface area (Å²) in [7, 11) is 0. The molecule has 1 heterocycles. The predicted octanol–water partition coefficient (Wildman–Crippen LogP) is 3.99. The molecule has 116 valence electrons. The zero-order chi connectivity index (χ0) is 16.2. The minimum Gasteiger partial charge on any atom is -0.484 e. The first kappa shape index (κ1) is 15.2. The van der Waals surface area contributed by atoms with E-state index in [4.69, 9.17) is 9.15 Å². The molecule has 23 heavy (non-hydrogen) atoms. The molecule has 0 bridgehead atoms. The molecule has 0 aliphatic heterocycles. The van der Waals surface area contributed by atoms with Crippen LogP contribution in [0.5, 0.6) is 5.75 Å². The number of benzene rings is 2. The van der Waals surface area contributed by atoms with Gasteiger partial charge in [-0.05, 0) is 36.4 Å². The van der Waals surface area contributed by atoms with Crippen LogP contribution < -0.4 is 4.74 Å². The number of nitrogens with zero attached hydrogens (tertiary/aromatic N) is 3. The fourth-order valence-corrected chi connectivity index (χ4v) is 2.09. The quantitative estimate of drug-likeness (QED) is 0.494. The summed E-state index contributed by atoms with van der Waals surface area (Å²) < 4.78 is 12.0. The monoisotopic (exact) mass is 375 g/mol. The van der Waals surface area contributed by atoms with Crippen molar-refractivity contribution in [3.8, 4) is 17.2 Å². The van der Waals surface area contributed by atoms with Crippen LogP contribution >= 0.6 is 15.9 Å². The Balaban J connectivity index is 1.65. The Kier molecular flexibility index (Phi) is 4.33. The number of ether oxygens (including phenoxy) is 1. The molecule has 2 aromatic carbocycles. The Morgan fingerprint density at radius 2 is 1.78 bits per heavy atom. The van der Waals surface area contributed by atoms with Gasteiger partial charge in [-0.15, -0.1) is 10.2 Å². The van der Waals surface area contributed by atoms with Crippen molar-refractivity contribution in [3.63, 3.8) is 0 Å². The van der Waals surface area contributed by atoms with E-state index < -0.39 is 4.92 Å². The van der Waals surface area contributed by atoms with Gasteiger partial charge in [-0.3, -0.25) is 10.1 Å². The highest BCUT2D eigenvalue weighted by molar-refractivity contribution is 9.10. The zero-order valence-electron chi connectivity index (χ0n) is 11.7. The van der Waals surface area contributed by atoms with Crippen LogP contribution in [-0.2, 0) is 6.61 Å². The molecule has 1 aromatic heterocycles. The molecule has 3 rings (SSSR count). The summed E-state index contributed by atoms with van der Waals surface area (Å²) in [5, 5.41) is 18.5. The summed E-state index contributed by atoms with van der Waals surface area (Å²) >= 11 is 3.36. The average Bonchev–Trinajstić information content (AvgIpc) is 3.03. The number of hydrogen-bond donors (Lipinski definition) is 0. The third-order valence-corrected chi connectivity index (χ3v) is 3.50. The van der Waals surface area contributed by atoms with Crippen LogP contribution in [0.2, 0.25) is 0 Å². The third-order valence-electron chi connectivity index (χ3n) is 2.97. The van der Waals surface area contributed by atoms with Crippen molar-refractivity contribution in [3.05, 3.63) is 69.0 Å². The first-order valence-electron chi connectivity index (χ1n) is 6.57. The van der Waals surface area contributed by atoms with E-state index in [1.165, 1.54) is 24.3 Å². The van der Waals surface area contributed by atoms with Gasteiger partial charge in [0.15, 0.2) is 6.61 Å². The first-order valence-corrected chi connectivity index (χ1v) is 7.37. The number of aromatic nitrogens is 2. The molecular weight excluding hydrogens is 366 g/mol. The Bertz CT molecular complexity index is 815. The lowest BCUT2D eigenvalue weighted by Crippen LogP contribution is -1.96. The number of nitro benzene ring substituents is 1. The van der Waals surface area contributed by atoms with Gasteiger partial charge >= 0.3 is 0 Å². The molecule has 0 saturated heterocycles. The number of rotatable bonds is 5. The van der Waals surface area contributed by atoms with Crippen LogP contribution in [-0.4, -0.2) is 15.1 Å². The van der Waals surface area contributed by atoms with Crippen LogP contribution in [0.4, 0.5) is 5.69 Å². The summed E-state index contributed by atoms with van der Waals surface area (Å²) in [4.78, 5) is 10.1. The van der Waals surface area contributed by atoms with Crippen LogP contribution in [0.15, 0.2) is 57.4 Å². The maximum Gasteiger partial charge on any atom is 0.269 e. The van der Waals surface area contributed by atoms with Crippen LogP contribution in [0.25, 0.3) is 11.5 Å². The van der Waals surface area contributed by atoms with Crippen LogP contribution in [0.3, 0.4) is 0 Å². The van der Waals surface area contributed by atoms with Gasteiger partial charge in [0.1, 0.15) is 5.75 Å². The van der Waals surface area contributed by atoms with Gasteiger partial charge in [-0.25, -0.2) is 0 Å². The molecule has 0 spiro atoms. The van der Waals surface area contributed by atoms with Gasteiger partial charge in [0, 0.05) is 22.2 Å². The number of hydrogen-bond acceptors (Lipinski definition) is 6. The average molecular weight is 376 g/mol. The van der Waals surface area contributed by atoms with Crippen LogP contribution in [0, 0.1) is 10.1 Å². The third kappa shape index (κ3) is 3.72. The van der Waals surface area contributed by atoms with E-state index in [0.29, 0.717) is 17.5 Å². The van der Waals surface area contributed by atoms with Gasteiger partial charge in [0.2, 0.25) is 5.89 Å². The fourth-order valence-electron chi connectivity index (χ4n) is 1.83. The Morgan fingerprint density at radius 3 is 2.43 bits per heavy atom. The van der Waals surface area contributed by atoms with Gasteiger partial charge in [-0.1, -0.05) is 15.9 Å². The highest BCUT2D eigenvalue weighted by Gasteiger charge is 2.10. The highest BCUT2D eigenvalue weighted by atomic mass is 79.9. The minimum absolute atomic E-state index is 0.00710. The second-order valence-electron chi connectivity index (χ2n) is 4.55. The Morgan fingerprint density at radius 1 is 1.09 bits per heavy atom. The summed E-state index contributed by atoms with van der Waals surface area (Å²) in [5.41, 5.74) is 0.815. The summed E-state index contributed by atoms with van der Waals surface area (Å²) in [5.74, 6) is 1.21. The Labute approximate surface area is 139 Å². The molecule has 0 aliphatic rings. The molecule has 0 radical (unpaired) electrons. The number of non-ortho nitro benzene ring substituents is 1. The maximum atomic E-state index is 10.6. The zero-order valence-corrected chi connectivity index (χ0v) is 13.3. The second-order valence-corrected chi connectivity index (χ2v) is 5.46. The van der Waals surface area contributed by atoms with Gasteiger partial charge in [0.25, 0.3) is 11.6 Å². The van der Waals surface area contributed by atoms with Crippen molar-refractivity contribution in [2.75, 3.05) is 0 Å². The summed E-state index contributed by atoms with van der Waals surface area (Å²) in [6.45, 7) is 0.0847. The van der Waals surface area contributed by atoms with E-state index in [-0.39, 0.29) is 12.3 Å². The minimum atomic E-state index is -0.466. The molecule has 0 atom stereocenters. The molecular formula is C15H10BrN3O4. The summed E-state index contributed by atoms with van der Waals surface area (Å²) in [6, 6.07) is 13.3. The van der Waals surface area contributed by atoms with Crippen molar-refractivity contribution in [1.29, 1.82) is 0 Å². The van der Waals surface area contributed by atoms with E-state index in [2.05, 4.69) is 26.1 Å². The molecule has 0 fully saturated rings. The van der Waals surface area contributed by atoms with Crippen molar-refractivity contribution in [2.45, 2.75) is 6.61 Å². The standard InChI is InChI=1S/C15H10BrN3O4/c16-11-3-1-10(2-4-11)15-18-17-14(23-15)9-22-13-7-5-12(6-8-13)19(20)21/h1-8H,9H2. The van der Waals surface area contributed by atoms with Gasteiger partial charge in [-0.2, -0.15) is 0 Å². The van der Waals surface area contributed by atoms with E-state index >= 15 is 0 Å². The number of nitro groups is 1. The smallest absolute Gasteiger partial charge is 0.269 e. The lowest BCUT2D eigenvalue weighted by atomic mass is 10.2. The lowest BCUT2D eigenvalue weighted by Gasteiger charge is -2.02. The van der Waals surface area contributed by atoms with Crippen molar-refractivity contribution >= 4 is 21.6 Å². The van der Waals surface area contributed by atoms with Gasteiger partial charge in [0.05, 0.1) is 4.92 Å². The predicted molar refractivity (Wildman–Crippen MR) is 84.9 cm³/mol. The molecule has 3 aromatic rings. The normalized spacial score (nSPS) is 10.5. The highest BCUT2D eigenvalue weighted by Crippen LogP contribution is 2.22. The molecule has 0 amide bonds.